The van der Waals surface area contributed by atoms with Gasteiger partial charge in [-0.2, -0.15) is 0 Å². The van der Waals surface area contributed by atoms with Crippen molar-refractivity contribution in [3.05, 3.63) is 46.0 Å². The molecule has 0 amide bonds. The molecule has 0 bridgehead atoms. The van der Waals surface area contributed by atoms with Crippen molar-refractivity contribution in [2.24, 2.45) is 0 Å². The molecule has 1 N–H and O–H groups in total. The Hall–Kier alpha value is -2.97. The average molecular weight is 289 g/mol. The van der Waals surface area contributed by atoms with E-state index in [4.69, 9.17) is 0 Å². The van der Waals surface area contributed by atoms with Crippen molar-refractivity contribution in [3.63, 3.8) is 0 Å². The van der Waals surface area contributed by atoms with Crippen molar-refractivity contribution in [3.8, 4) is 0 Å². The summed E-state index contributed by atoms with van der Waals surface area (Å²) in [5, 5.41) is 27.8. The standard InChI is InChI=1S/C12H11N5O4/c18-12(19)9-5-8(17(20)21)1-2-10(9)15-3-4-16-7-13-14-11(16)6-15/h1-2,5,7H,3-4,6H2,(H,18,19). The SMILES string of the molecule is O=C(O)c1cc([N+](=O)[O-])ccc1N1CCn2cnnc2C1. The number of rotatable bonds is 3. The molecule has 0 spiro atoms. The number of carboxylic acids is 1. The number of hydrogen-bond donors (Lipinski definition) is 1. The number of carboxylic acid groups (broad SMARTS) is 1. The highest BCUT2D eigenvalue weighted by atomic mass is 16.6. The van der Waals surface area contributed by atoms with E-state index in [0.29, 0.717) is 25.3 Å². The van der Waals surface area contributed by atoms with Crippen molar-refractivity contribution < 1.29 is 14.8 Å². The summed E-state index contributed by atoms with van der Waals surface area (Å²) < 4.78 is 1.89. The van der Waals surface area contributed by atoms with Crippen LogP contribution < -0.4 is 4.90 Å². The Labute approximate surface area is 118 Å². The van der Waals surface area contributed by atoms with Crippen LogP contribution in [0.5, 0.6) is 0 Å². The molecule has 2 aromatic rings. The lowest BCUT2D eigenvalue weighted by Gasteiger charge is -2.29. The molecule has 0 saturated heterocycles. The Bertz CT molecular complexity index is 726. The summed E-state index contributed by atoms with van der Waals surface area (Å²) in [5.74, 6) is -0.461. The summed E-state index contributed by atoms with van der Waals surface area (Å²) in [5.41, 5.74) is 0.121. The van der Waals surface area contributed by atoms with E-state index in [9.17, 15) is 20.0 Å². The highest BCUT2D eigenvalue weighted by Gasteiger charge is 2.24. The minimum Gasteiger partial charge on any atom is -0.478 e. The van der Waals surface area contributed by atoms with Gasteiger partial charge in [0.25, 0.3) is 5.69 Å². The van der Waals surface area contributed by atoms with Gasteiger partial charge in [-0.3, -0.25) is 10.1 Å². The molecular formula is C12H11N5O4. The first-order valence-electron chi connectivity index (χ1n) is 6.19. The van der Waals surface area contributed by atoms with Crippen LogP contribution in [0.2, 0.25) is 0 Å². The smallest absolute Gasteiger partial charge is 0.338 e. The molecule has 1 aliphatic heterocycles. The van der Waals surface area contributed by atoms with E-state index >= 15 is 0 Å². The first-order chi connectivity index (χ1) is 10.1. The average Bonchev–Trinajstić information content (AvgIpc) is 2.93. The number of carbonyl (C=O) groups is 1. The highest BCUT2D eigenvalue weighted by Crippen LogP contribution is 2.28. The fraction of sp³-hybridized carbons (Fsp3) is 0.250. The van der Waals surface area contributed by atoms with Crippen LogP contribution in [-0.2, 0) is 13.1 Å². The lowest BCUT2D eigenvalue weighted by Crippen LogP contribution is -2.34. The molecule has 2 heterocycles. The van der Waals surface area contributed by atoms with Crippen LogP contribution in [0.1, 0.15) is 16.2 Å². The summed E-state index contributed by atoms with van der Waals surface area (Å²) >= 11 is 0. The second kappa shape index (κ2) is 4.85. The lowest BCUT2D eigenvalue weighted by atomic mass is 10.1. The van der Waals surface area contributed by atoms with Crippen LogP contribution >= 0.6 is 0 Å². The van der Waals surface area contributed by atoms with Gasteiger partial charge in [-0.05, 0) is 6.07 Å². The number of anilines is 1. The summed E-state index contributed by atoms with van der Waals surface area (Å²) in [6.45, 7) is 1.64. The molecule has 108 valence electrons. The van der Waals surface area contributed by atoms with E-state index in [2.05, 4.69) is 10.2 Å². The van der Waals surface area contributed by atoms with Crippen molar-refractivity contribution in [2.45, 2.75) is 13.1 Å². The van der Waals surface area contributed by atoms with Crippen molar-refractivity contribution >= 4 is 17.3 Å². The molecule has 21 heavy (non-hydrogen) atoms. The van der Waals surface area contributed by atoms with Crippen LogP contribution in [0.3, 0.4) is 0 Å². The molecule has 1 aromatic carbocycles. The molecule has 0 saturated carbocycles. The van der Waals surface area contributed by atoms with Crippen molar-refractivity contribution in [2.75, 3.05) is 11.4 Å². The Morgan fingerprint density at radius 3 is 2.90 bits per heavy atom. The van der Waals surface area contributed by atoms with Gasteiger partial charge in [0.1, 0.15) is 6.33 Å². The van der Waals surface area contributed by atoms with E-state index in [1.807, 2.05) is 9.47 Å². The van der Waals surface area contributed by atoms with E-state index in [0.717, 1.165) is 11.9 Å². The van der Waals surface area contributed by atoms with E-state index < -0.39 is 10.9 Å². The fourth-order valence-electron chi connectivity index (χ4n) is 2.36. The molecule has 1 aliphatic rings. The second-order valence-corrected chi connectivity index (χ2v) is 4.63. The molecule has 3 rings (SSSR count). The molecule has 0 fully saturated rings. The summed E-state index contributed by atoms with van der Waals surface area (Å²) in [4.78, 5) is 23.3. The van der Waals surface area contributed by atoms with Gasteiger partial charge in [0.2, 0.25) is 0 Å². The quantitative estimate of drug-likeness (QED) is 0.659. The van der Waals surface area contributed by atoms with Gasteiger partial charge in [0.05, 0.1) is 22.7 Å². The van der Waals surface area contributed by atoms with Crippen LogP contribution in [-0.4, -0.2) is 37.3 Å². The largest absolute Gasteiger partial charge is 0.478 e. The van der Waals surface area contributed by atoms with Gasteiger partial charge >= 0.3 is 5.97 Å². The van der Waals surface area contributed by atoms with Crippen LogP contribution in [0.4, 0.5) is 11.4 Å². The zero-order chi connectivity index (χ0) is 15.0. The third-order valence-electron chi connectivity index (χ3n) is 3.40. The normalized spacial score (nSPS) is 13.8. The zero-order valence-electron chi connectivity index (χ0n) is 10.8. The van der Waals surface area contributed by atoms with Gasteiger partial charge < -0.3 is 14.6 Å². The third-order valence-corrected chi connectivity index (χ3v) is 3.40. The second-order valence-electron chi connectivity index (χ2n) is 4.63. The number of benzene rings is 1. The van der Waals surface area contributed by atoms with E-state index in [-0.39, 0.29) is 11.3 Å². The number of non-ortho nitro benzene ring substituents is 1. The Morgan fingerprint density at radius 1 is 1.38 bits per heavy atom. The number of hydrogen-bond acceptors (Lipinski definition) is 6. The Morgan fingerprint density at radius 2 is 2.19 bits per heavy atom. The summed E-state index contributed by atoms with van der Waals surface area (Å²) in [7, 11) is 0. The number of nitrogens with zero attached hydrogens (tertiary/aromatic N) is 5. The Kier molecular flexibility index (Phi) is 3.01. The molecule has 0 radical (unpaired) electrons. The molecule has 0 unspecified atom stereocenters. The van der Waals surface area contributed by atoms with Crippen LogP contribution in [0, 0.1) is 10.1 Å². The van der Waals surface area contributed by atoms with Crippen molar-refractivity contribution in [1.29, 1.82) is 0 Å². The number of nitro benzene ring substituents is 1. The first-order valence-corrected chi connectivity index (χ1v) is 6.19. The highest BCUT2D eigenvalue weighted by molar-refractivity contribution is 5.95. The molecule has 0 atom stereocenters. The number of fused-ring (bicyclic) bond motifs is 1. The number of nitro groups is 1. The topological polar surface area (TPSA) is 114 Å². The van der Waals surface area contributed by atoms with Gasteiger partial charge in [-0.1, -0.05) is 0 Å². The van der Waals surface area contributed by atoms with Gasteiger partial charge in [-0.25, -0.2) is 4.79 Å². The molecule has 9 heteroatoms. The summed E-state index contributed by atoms with van der Waals surface area (Å²) in [6.07, 6.45) is 1.63. The maximum absolute atomic E-state index is 11.4. The fourth-order valence-corrected chi connectivity index (χ4v) is 2.36. The first kappa shape index (κ1) is 13.0. The molecule has 9 nitrogen and oxygen atoms in total. The lowest BCUT2D eigenvalue weighted by molar-refractivity contribution is -0.384. The predicted molar refractivity (Wildman–Crippen MR) is 71.1 cm³/mol. The Balaban J connectivity index is 1.99. The predicted octanol–water partition coefficient (Wildman–Crippen LogP) is 0.905. The van der Waals surface area contributed by atoms with E-state index in [1.54, 1.807) is 6.33 Å². The molecular weight excluding hydrogens is 278 g/mol. The molecule has 0 aliphatic carbocycles. The van der Waals surface area contributed by atoms with Crippen LogP contribution in [0.25, 0.3) is 0 Å². The maximum atomic E-state index is 11.4. The van der Waals surface area contributed by atoms with E-state index in [1.165, 1.54) is 12.1 Å². The minimum atomic E-state index is -1.19. The number of aromatic carboxylic acids is 1. The maximum Gasteiger partial charge on any atom is 0.338 e. The summed E-state index contributed by atoms with van der Waals surface area (Å²) in [6, 6.07) is 3.85. The molecule has 1 aromatic heterocycles. The van der Waals surface area contributed by atoms with Crippen molar-refractivity contribution in [1.82, 2.24) is 14.8 Å². The van der Waals surface area contributed by atoms with Crippen LogP contribution in [0.15, 0.2) is 24.5 Å². The zero-order valence-corrected chi connectivity index (χ0v) is 10.8. The number of aromatic nitrogens is 3. The third kappa shape index (κ3) is 2.29. The van der Waals surface area contributed by atoms with Gasteiger partial charge in [0, 0.05) is 25.2 Å². The van der Waals surface area contributed by atoms with Gasteiger partial charge in [-0.15, -0.1) is 10.2 Å². The monoisotopic (exact) mass is 289 g/mol. The van der Waals surface area contributed by atoms with Gasteiger partial charge in [0.15, 0.2) is 5.82 Å². The minimum absolute atomic E-state index is 0.0860.